The van der Waals surface area contributed by atoms with E-state index in [0.29, 0.717) is 21.6 Å². The molecule has 0 aliphatic rings. The monoisotopic (exact) mass is 392 g/mol. The molecule has 1 heterocycles. The Hall–Kier alpha value is -2.27. The molecule has 1 N–H and O–H groups in total. The fourth-order valence-electron chi connectivity index (χ4n) is 2.11. The number of carbonyl (C=O) groups excluding carboxylic acids is 1. The standard InChI is InChI=1S/C18H11Cl3N2O2/c19-12-3-1-2-11(8-12)17-7-5-14(25-17)10-22-23-18(24)15-6-4-13(20)9-16(15)21/h1-10H,(H,23,24). The van der Waals surface area contributed by atoms with E-state index in [2.05, 4.69) is 10.5 Å². The van der Waals surface area contributed by atoms with Crippen molar-refractivity contribution >= 4 is 46.9 Å². The summed E-state index contributed by atoms with van der Waals surface area (Å²) in [6, 6.07) is 15.4. The number of furan rings is 1. The number of hydrogen-bond acceptors (Lipinski definition) is 3. The highest BCUT2D eigenvalue weighted by Gasteiger charge is 2.10. The molecule has 0 fully saturated rings. The maximum absolute atomic E-state index is 12.0. The molecule has 0 aliphatic heterocycles. The quantitative estimate of drug-likeness (QED) is 0.458. The van der Waals surface area contributed by atoms with Gasteiger partial charge in [0.1, 0.15) is 11.5 Å². The summed E-state index contributed by atoms with van der Waals surface area (Å²) in [4.78, 5) is 12.0. The minimum Gasteiger partial charge on any atom is -0.455 e. The molecule has 0 aliphatic carbocycles. The Morgan fingerprint density at radius 3 is 2.56 bits per heavy atom. The first-order valence-corrected chi connectivity index (χ1v) is 8.30. The van der Waals surface area contributed by atoms with E-state index in [1.807, 2.05) is 12.1 Å². The van der Waals surface area contributed by atoms with Crippen molar-refractivity contribution in [2.45, 2.75) is 0 Å². The first-order chi connectivity index (χ1) is 12.0. The highest BCUT2D eigenvalue weighted by atomic mass is 35.5. The number of nitrogens with one attached hydrogen (secondary N) is 1. The van der Waals surface area contributed by atoms with Gasteiger partial charge in [0.05, 0.1) is 16.8 Å². The number of hydrogen-bond donors (Lipinski definition) is 1. The van der Waals surface area contributed by atoms with E-state index in [1.54, 1.807) is 30.3 Å². The Labute approximate surface area is 159 Å². The molecule has 25 heavy (non-hydrogen) atoms. The number of benzene rings is 2. The van der Waals surface area contributed by atoms with Gasteiger partial charge in [-0.15, -0.1) is 0 Å². The molecule has 3 aromatic rings. The van der Waals surface area contributed by atoms with E-state index in [1.165, 1.54) is 18.3 Å². The lowest BCUT2D eigenvalue weighted by Crippen LogP contribution is -2.17. The van der Waals surface area contributed by atoms with Crippen molar-refractivity contribution < 1.29 is 9.21 Å². The van der Waals surface area contributed by atoms with Crippen LogP contribution in [0.4, 0.5) is 0 Å². The average molecular weight is 394 g/mol. The molecule has 0 saturated carbocycles. The summed E-state index contributed by atoms with van der Waals surface area (Å²) in [6.07, 6.45) is 1.40. The van der Waals surface area contributed by atoms with Gasteiger partial charge in [-0.2, -0.15) is 5.10 Å². The summed E-state index contributed by atoms with van der Waals surface area (Å²) < 4.78 is 5.65. The van der Waals surface area contributed by atoms with Crippen LogP contribution < -0.4 is 5.43 Å². The molecule has 126 valence electrons. The summed E-state index contributed by atoms with van der Waals surface area (Å²) in [6.45, 7) is 0. The van der Waals surface area contributed by atoms with E-state index in [0.717, 1.165) is 5.56 Å². The number of halogens is 3. The molecule has 2 aromatic carbocycles. The van der Waals surface area contributed by atoms with E-state index in [4.69, 9.17) is 39.2 Å². The van der Waals surface area contributed by atoms with Gasteiger partial charge in [0.15, 0.2) is 0 Å². The highest BCUT2D eigenvalue weighted by Crippen LogP contribution is 2.24. The second kappa shape index (κ2) is 7.74. The Balaban J connectivity index is 1.68. The van der Waals surface area contributed by atoms with Crippen molar-refractivity contribution in [2.75, 3.05) is 0 Å². The topological polar surface area (TPSA) is 54.6 Å². The number of rotatable bonds is 4. The van der Waals surface area contributed by atoms with Gasteiger partial charge in [0, 0.05) is 15.6 Å². The molecule has 1 amide bonds. The second-order valence-electron chi connectivity index (χ2n) is 5.04. The molecule has 0 bridgehead atoms. The molecule has 3 rings (SSSR count). The Bertz CT molecular complexity index is 951. The van der Waals surface area contributed by atoms with Crippen LogP contribution in [0, 0.1) is 0 Å². The van der Waals surface area contributed by atoms with E-state index in [9.17, 15) is 4.79 Å². The molecule has 0 radical (unpaired) electrons. The van der Waals surface area contributed by atoms with Gasteiger partial charge in [-0.25, -0.2) is 5.43 Å². The Kier molecular flexibility index (Phi) is 5.43. The van der Waals surface area contributed by atoms with Gasteiger partial charge in [-0.05, 0) is 42.5 Å². The Morgan fingerprint density at radius 2 is 1.80 bits per heavy atom. The lowest BCUT2D eigenvalue weighted by Gasteiger charge is -2.02. The zero-order valence-electron chi connectivity index (χ0n) is 12.7. The van der Waals surface area contributed by atoms with Crippen LogP contribution in [0.2, 0.25) is 15.1 Å². The maximum Gasteiger partial charge on any atom is 0.272 e. The summed E-state index contributed by atoms with van der Waals surface area (Å²) in [7, 11) is 0. The third-order valence-corrected chi connectivity index (χ3v) is 4.05. The zero-order valence-corrected chi connectivity index (χ0v) is 14.9. The summed E-state index contributed by atoms with van der Waals surface area (Å²) in [5.74, 6) is 0.688. The molecule has 4 nitrogen and oxygen atoms in total. The smallest absolute Gasteiger partial charge is 0.272 e. The van der Waals surface area contributed by atoms with Crippen LogP contribution in [-0.4, -0.2) is 12.1 Å². The molecule has 7 heteroatoms. The third-order valence-electron chi connectivity index (χ3n) is 3.27. The molecule has 0 unspecified atom stereocenters. The van der Waals surface area contributed by atoms with Gasteiger partial charge >= 0.3 is 0 Å². The maximum atomic E-state index is 12.0. The predicted molar refractivity (Wildman–Crippen MR) is 101 cm³/mol. The normalized spacial score (nSPS) is 11.0. The fraction of sp³-hybridized carbons (Fsp3) is 0. The largest absolute Gasteiger partial charge is 0.455 e. The first kappa shape index (κ1) is 17.5. The minimum absolute atomic E-state index is 0.251. The number of hydrazone groups is 1. The fourth-order valence-corrected chi connectivity index (χ4v) is 2.79. The van der Waals surface area contributed by atoms with Gasteiger partial charge in [0.2, 0.25) is 0 Å². The van der Waals surface area contributed by atoms with Crippen LogP contribution in [0.25, 0.3) is 11.3 Å². The molecule has 1 aromatic heterocycles. The van der Waals surface area contributed by atoms with Crippen molar-refractivity contribution in [3.05, 3.63) is 81.0 Å². The molecule has 0 atom stereocenters. The molecule has 0 spiro atoms. The number of carbonyl (C=O) groups is 1. The zero-order chi connectivity index (χ0) is 17.8. The second-order valence-corrected chi connectivity index (χ2v) is 6.32. The van der Waals surface area contributed by atoms with Crippen LogP contribution >= 0.6 is 34.8 Å². The van der Waals surface area contributed by atoms with Crippen molar-refractivity contribution in [1.29, 1.82) is 0 Å². The van der Waals surface area contributed by atoms with E-state index in [-0.39, 0.29) is 10.6 Å². The van der Waals surface area contributed by atoms with Gasteiger partial charge < -0.3 is 4.42 Å². The van der Waals surface area contributed by atoms with Crippen LogP contribution in [0.1, 0.15) is 16.1 Å². The average Bonchev–Trinajstić information content (AvgIpc) is 3.03. The lowest BCUT2D eigenvalue weighted by atomic mass is 10.2. The van der Waals surface area contributed by atoms with Crippen molar-refractivity contribution in [2.24, 2.45) is 5.10 Å². The Morgan fingerprint density at radius 1 is 1.00 bits per heavy atom. The highest BCUT2D eigenvalue weighted by molar-refractivity contribution is 6.36. The number of amides is 1. The van der Waals surface area contributed by atoms with Gasteiger partial charge in [0.25, 0.3) is 5.91 Å². The van der Waals surface area contributed by atoms with Crippen molar-refractivity contribution in [3.8, 4) is 11.3 Å². The SMILES string of the molecule is O=C(NN=Cc1ccc(-c2cccc(Cl)c2)o1)c1ccc(Cl)cc1Cl. The van der Waals surface area contributed by atoms with Gasteiger partial charge in [-0.1, -0.05) is 46.9 Å². The van der Waals surface area contributed by atoms with Crippen molar-refractivity contribution in [3.63, 3.8) is 0 Å². The van der Waals surface area contributed by atoms with E-state index >= 15 is 0 Å². The predicted octanol–water partition coefficient (Wildman–Crippen LogP) is 5.67. The summed E-state index contributed by atoms with van der Waals surface area (Å²) in [5, 5.41) is 5.20. The van der Waals surface area contributed by atoms with Crippen LogP contribution in [0.15, 0.2) is 64.1 Å². The minimum atomic E-state index is -0.445. The van der Waals surface area contributed by atoms with Crippen LogP contribution in [0.3, 0.4) is 0 Å². The molecular formula is C18H11Cl3N2O2. The molecule has 0 saturated heterocycles. The van der Waals surface area contributed by atoms with Crippen LogP contribution in [0.5, 0.6) is 0 Å². The van der Waals surface area contributed by atoms with Gasteiger partial charge in [-0.3, -0.25) is 4.79 Å². The number of nitrogens with zero attached hydrogens (tertiary/aromatic N) is 1. The molecular weight excluding hydrogens is 383 g/mol. The summed E-state index contributed by atoms with van der Waals surface area (Å²) in [5.41, 5.74) is 3.52. The van der Waals surface area contributed by atoms with Crippen LogP contribution in [-0.2, 0) is 0 Å². The third kappa shape index (κ3) is 4.42. The first-order valence-electron chi connectivity index (χ1n) is 7.17. The lowest BCUT2D eigenvalue weighted by molar-refractivity contribution is 0.0955. The van der Waals surface area contributed by atoms with Crippen molar-refractivity contribution in [1.82, 2.24) is 5.43 Å². The summed E-state index contributed by atoms with van der Waals surface area (Å²) >= 11 is 17.7. The van der Waals surface area contributed by atoms with E-state index < -0.39 is 5.91 Å².